The van der Waals surface area contributed by atoms with E-state index in [0.717, 1.165) is 12.8 Å². The first-order valence-electron chi connectivity index (χ1n) is 3.72. The molecule has 0 nitrogen and oxygen atoms in total. The normalized spacial score (nSPS) is 31.6. The molecule has 0 amide bonds. The van der Waals surface area contributed by atoms with E-state index >= 15 is 0 Å². The van der Waals surface area contributed by atoms with Crippen LogP contribution in [0.3, 0.4) is 0 Å². The van der Waals surface area contributed by atoms with Gasteiger partial charge in [0.1, 0.15) is 0 Å². The minimum atomic E-state index is -4.55. The summed E-state index contributed by atoms with van der Waals surface area (Å²) in [5.74, 6) is -1.08. The molecule has 11 heavy (non-hydrogen) atoms. The number of halogens is 3. The van der Waals surface area contributed by atoms with E-state index in [9.17, 15) is 12.9 Å². The Morgan fingerprint density at radius 1 is 1.18 bits per heavy atom. The quantitative estimate of drug-likeness (QED) is 0.511. The molecule has 1 aliphatic rings. The van der Waals surface area contributed by atoms with Crippen LogP contribution >= 0.6 is 0 Å². The second-order valence-corrected chi connectivity index (χ2v) is 3.20. The van der Waals surface area contributed by atoms with Crippen molar-refractivity contribution in [3.05, 3.63) is 0 Å². The van der Waals surface area contributed by atoms with Crippen LogP contribution in [0.25, 0.3) is 0 Å². The summed E-state index contributed by atoms with van der Waals surface area (Å²) in [7, 11) is 0. The smallest absolute Gasteiger partial charge is 0.449 e. The largest absolute Gasteiger partial charge is 1.00 e. The summed E-state index contributed by atoms with van der Waals surface area (Å²) in [5, 5.41) is 0. The molecule has 0 heterocycles. The second-order valence-electron chi connectivity index (χ2n) is 3.20. The van der Waals surface area contributed by atoms with Gasteiger partial charge in [-0.25, -0.2) is 0 Å². The van der Waals surface area contributed by atoms with E-state index in [0.29, 0.717) is 6.42 Å². The fraction of sp³-hybridized carbons (Fsp3) is 1.00. The van der Waals surface area contributed by atoms with Gasteiger partial charge in [-0.3, -0.25) is 0 Å². The van der Waals surface area contributed by atoms with Gasteiger partial charge in [-0.2, -0.15) is 0 Å². The van der Waals surface area contributed by atoms with E-state index < -0.39 is 12.8 Å². The Hall–Kier alpha value is 1.49. The maximum atomic E-state index is 12.1. The van der Waals surface area contributed by atoms with Crippen molar-refractivity contribution in [2.24, 2.45) is 5.92 Å². The Morgan fingerprint density at radius 2 is 1.73 bits per heavy atom. The van der Waals surface area contributed by atoms with E-state index in [1.807, 2.05) is 0 Å². The van der Waals surface area contributed by atoms with Crippen molar-refractivity contribution in [2.45, 2.75) is 32.0 Å². The first-order valence-corrected chi connectivity index (χ1v) is 3.72. The molecule has 0 N–H and O–H groups in total. The molecule has 0 aliphatic heterocycles. The van der Waals surface area contributed by atoms with Crippen molar-refractivity contribution < 1.29 is 64.3 Å². The number of hydrogen-bond donors (Lipinski definition) is 0. The van der Waals surface area contributed by atoms with E-state index in [1.54, 1.807) is 6.92 Å². The summed E-state index contributed by atoms with van der Waals surface area (Å²) in [4.78, 5) is 0. The minimum Gasteiger partial charge on any atom is -0.449 e. The molecule has 0 saturated heterocycles. The van der Waals surface area contributed by atoms with Gasteiger partial charge in [0, 0.05) is 0 Å². The van der Waals surface area contributed by atoms with Crippen LogP contribution in [0, 0.1) is 5.92 Å². The average Bonchev–Trinajstić information content (AvgIpc) is 2.11. The molecule has 0 spiro atoms. The average molecular weight is 190 g/mol. The van der Waals surface area contributed by atoms with Crippen molar-refractivity contribution in [3.8, 4) is 0 Å². The summed E-state index contributed by atoms with van der Waals surface area (Å²) in [6.07, 6.45) is 1.88. The van der Waals surface area contributed by atoms with E-state index in [4.69, 9.17) is 0 Å². The summed E-state index contributed by atoms with van der Waals surface area (Å²) >= 11 is 0. The van der Waals surface area contributed by atoms with E-state index in [-0.39, 0.29) is 57.3 Å². The van der Waals surface area contributed by atoms with Gasteiger partial charge in [-0.15, -0.1) is 0 Å². The molecular weight excluding hydrogens is 179 g/mol. The van der Waals surface area contributed by atoms with Crippen LogP contribution in [0.2, 0.25) is 5.82 Å². The second kappa shape index (κ2) is 4.65. The van der Waals surface area contributed by atoms with E-state index in [2.05, 4.69) is 0 Å². The van der Waals surface area contributed by atoms with Crippen LogP contribution in [-0.4, -0.2) is 6.98 Å². The predicted molar refractivity (Wildman–Crippen MR) is 35.8 cm³/mol. The molecule has 0 aromatic rings. The third-order valence-electron chi connectivity index (χ3n) is 2.41. The van der Waals surface area contributed by atoms with Crippen molar-refractivity contribution in [2.75, 3.05) is 0 Å². The van der Waals surface area contributed by atoms with Crippen molar-refractivity contribution in [1.29, 1.82) is 0 Å². The van der Waals surface area contributed by atoms with Crippen LogP contribution in [0.5, 0.6) is 0 Å². The van der Waals surface area contributed by atoms with Crippen LogP contribution < -0.4 is 51.4 Å². The SMILES string of the molecule is CC1CCCC1[B-](F)(F)F.[K+]. The van der Waals surface area contributed by atoms with Crippen LogP contribution in [0.1, 0.15) is 26.2 Å². The topological polar surface area (TPSA) is 0 Å². The fourth-order valence-corrected chi connectivity index (χ4v) is 1.74. The molecule has 0 aromatic carbocycles. The van der Waals surface area contributed by atoms with Gasteiger partial charge in [-0.1, -0.05) is 37.9 Å². The summed E-state index contributed by atoms with van der Waals surface area (Å²) in [6, 6.07) is 0. The third-order valence-corrected chi connectivity index (χ3v) is 2.41. The molecule has 1 aliphatic carbocycles. The van der Waals surface area contributed by atoms with Crippen molar-refractivity contribution in [3.63, 3.8) is 0 Å². The molecule has 2 unspecified atom stereocenters. The molecule has 60 valence electrons. The molecule has 0 radical (unpaired) electrons. The predicted octanol–water partition coefficient (Wildman–Crippen LogP) is 0.0280. The first-order chi connectivity index (χ1) is 4.52. The zero-order valence-corrected chi connectivity index (χ0v) is 10.1. The molecular formula is C6H11BF3K. The van der Waals surface area contributed by atoms with Gasteiger partial charge in [0.2, 0.25) is 0 Å². The van der Waals surface area contributed by atoms with Crippen LogP contribution in [0.4, 0.5) is 12.9 Å². The third kappa shape index (κ3) is 3.38. The standard InChI is InChI=1S/C6H11BF3.K/c1-5-3-2-4-6(5)7(8,9)10;/h5-6H,2-4H2,1H3;/q-1;+1. The first kappa shape index (κ1) is 12.5. The van der Waals surface area contributed by atoms with Crippen LogP contribution in [0.15, 0.2) is 0 Å². The summed E-state index contributed by atoms with van der Waals surface area (Å²) < 4.78 is 36.2. The molecule has 1 fully saturated rings. The van der Waals surface area contributed by atoms with Gasteiger partial charge in [0.25, 0.3) is 0 Å². The zero-order chi connectivity index (χ0) is 7.78. The van der Waals surface area contributed by atoms with Gasteiger partial charge in [-0.05, 0) is 0 Å². The monoisotopic (exact) mass is 190 g/mol. The van der Waals surface area contributed by atoms with Crippen LogP contribution in [-0.2, 0) is 0 Å². The molecule has 2 atom stereocenters. The van der Waals surface area contributed by atoms with Crippen molar-refractivity contribution in [1.82, 2.24) is 0 Å². The Balaban J connectivity index is 0.000001000. The Kier molecular flexibility index (Phi) is 5.28. The summed E-state index contributed by atoms with van der Waals surface area (Å²) in [6.45, 7) is -2.85. The maximum Gasteiger partial charge on any atom is 1.00 e. The Morgan fingerprint density at radius 3 is 1.91 bits per heavy atom. The van der Waals surface area contributed by atoms with Gasteiger partial charge >= 0.3 is 58.4 Å². The molecule has 1 saturated carbocycles. The number of hydrogen-bond acceptors (Lipinski definition) is 0. The molecule has 0 aromatic heterocycles. The summed E-state index contributed by atoms with van der Waals surface area (Å²) in [5.41, 5.74) is 0. The fourth-order valence-electron chi connectivity index (χ4n) is 1.74. The van der Waals surface area contributed by atoms with Gasteiger partial charge in [0.05, 0.1) is 0 Å². The zero-order valence-electron chi connectivity index (χ0n) is 6.99. The molecule has 5 heteroatoms. The maximum absolute atomic E-state index is 12.1. The Labute approximate surface area is 108 Å². The minimum absolute atomic E-state index is 0. The molecule has 1 rings (SSSR count). The molecule has 0 bridgehead atoms. The number of rotatable bonds is 1. The van der Waals surface area contributed by atoms with E-state index in [1.165, 1.54) is 0 Å². The van der Waals surface area contributed by atoms with Gasteiger partial charge < -0.3 is 12.9 Å². The Bertz CT molecular complexity index is 125. The van der Waals surface area contributed by atoms with Gasteiger partial charge in [0.15, 0.2) is 0 Å². The van der Waals surface area contributed by atoms with Crippen molar-refractivity contribution >= 4 is 6.98 Å².